The fourth-order valence-corrected chi connectivity index (χ4v) is 5.67. The highest BCUT2D eigenvalue weighted by molar-refractivity contribution is 7.14. The topological polar surface area (TPSA) is 66.5 Å². The molecule has 1 aliphatic heterocycles. The van der Waals surface area contributed by atoms with E-state index in [2.05, 4.69) is 20.9 Å². The summed E-state index contributed by atoms with van der Waals surface area (Å²) in [5.74, 6) is 1.51. The number of ether oxygens (including phenoxy) is 1. The molecule has 7 heteroatoms. The summed E-state index contributed by atoms with van der Waals surface area (Å²) in [4.78, 5) is 19.4. The third-order valence-corrected chi connectivity index (χ3v) is 7.17. The van der Waals surface area contributed by atoms with Gasteiger partial charge in [-0.3, -0.25) is 0 Å². The average molecular weight is 399 g/mol. The molecule has 1 saturated heterocycles. The van der Waals surface area contributed by atoms with Gasteiger partial charge in [-0.1, -0.05) is 18.6 Å². The van der Waals surface area contributed by atoms with Crippen molar-refractivity contribution in [2.75, 3.05) is 36.5 Å². The number of benzene rings is 1. The predicted molar refractivity (Wildman–Crippen MR) is 112 cm³/mol. The monoisotopic (exact) mass is 398 g/mol. The maximum Gasteiger partial charge on any atom is 0.319 e. The second kappa shape index (κ2) is 7.72. The third-order valence-electron chi connectivity index (χ3n) is 6.27. The molecule has 2 aliphatic carbocycles. The summed E-state index contributed by atoms with van der Waals surface area (Å²) in [6.45, 7) is 3.32. The van der Waals surface area contributed by atoms with Crippen LogP contribution in [0.4, 0.5) is 15.6 Å². The number of urea groups is 1. The standard InChI is InChI=1S/C21H26N4O2S/c26-20(23-18-12-14-1-2-16(18)11-14)22-17-5-3-15(4-6-17)19-13-28-21(24-19)25-7-9-27-10-8-25/h3-6,13-14,16,18H,1-2,7-12H2,(H2,22,23,26). The van der Waals surface area contributed by atoms with E-state index in [1.165, 1.54) is 19.3 Å². The van der Waals surface area contributed by atoms with Crippen LogP contribution in [0.1, 0.15) is 25.7 Å². The lowest BCUT2D eigenvalue weighted by molar-refractivity contribution is 0.122. The van der Waals surface area contributed by atoms with Gasteiger partial charge in [0.2, 0.25) is 0 Å². The summed E-state index contributed by atoms with van der Waals surface area (Å²) < 4.78 is 5.41. The normalized spacial score (nSPS) is 26.4. The van der Waals surface area contributed by atoms with Crippen LogP contribution in [-0.4, -0.2) is 43.4 Å². The second-order valence-corrected chi connectivity index (χ2v) is 8.91. The molecule has 2 heterocycles. The second-order valence-electron chi connectivity index (χ2n) is 8.07. The zero-order chi connectivity index (χ0) is 18.9. The molecule has 2 N–H and O–H groups in total. The van der Waals surface area contributed by atoms with E-state index in [1.54, 1.807) is 11.3 Å². The molecule has 2 bridgehead atoms. The number of carbonyl (C=O) groups is 1. The summed E-state index contributed by atoms with van der Waals surface area (Å²) in [5.41, 5.74) is 2.85. The highest BCUT2D eigenvalue weighted by Crippen LogP contribution is 2.44. The number of fused-ring (bicyclic) bond motifs is 2. The Kier molecular flexibility index (Phi) is 4.94. The molecule has 148 valence electrons. The molecule has 2 saturated carbocycles. The Labute approximate surface area is 169 Å². The van der Waals surface area contributed by atoms with Gasteiger partial charge in [0.1, 0.15) is 0 Å². The van der Waals surface area contributed by atoms with E-state index in [1.807, 2.05) is 24.3 Å². The van der Waals surface area contributed by atoms with Crippen LogP contribution in [0.15, 0.2) is 29.6 Å². The minimum Gasteiger partial charge on any atom is -0.378 e. The predicted octanol–water partition coefficient (Wildman–Crippen LogP) is 3.96. The lowest BCUT2D eigenvalue weighted by Gasteiger charge is -2.26. The largest absolute Gasteiger partial charge is 0.378 e. The van der Waals surface area contributed by atoms with Crippen molar-refractivity contribution >= 4 is 28.2 Å². The third kappa shape index (κ3) is 3.73. The quantitative estimate of drug-likeness (QED) is 0.818. The van der Waals surface area contributed by atoms with Crippen LogP contribution in [-0.2, 0) is 4.74 Å². The van der Waals surface area contributed by atoms with Gasteiger partial charge in [0.15, 0.2) is 5.13 Å². The van der Waals surface area contributed by atoms with E-state index >= 15 is 0 Å². The number of thiazole rings is 1. The SMILES string of the molecule is O=C(Nc1ccc(-c2csc(N3CCOCC3)n2)cc1)NC1CC2CCC1C2. The molecule has 3 atom stereocenters. The van der Waals surface area contributed by atoms with Crippen LogP contribution in [0.25, 0.3) is 11.3 Å². The first-order chi connectivity index (χ1) is 13.7. The van der Waals surface area contributed by atoms with Crippen molar-refractivity contribution in [1.29, 1.82) is 0 Å². The summed E-state index contributed by atoms with van der Waals surface area (Å²) >= 11 is 1.67. The van der Waals surface area contributed by atoms with Gasteiger partial charge in [-0.25, -0.2) is 9.78 Å². The number of amides is 2. The fraction of sp³-hybridized carbons (Fsp3) is 0.524. The van der Waals surface area contributed by atoms with Crippen LogP contribution in [0, 0.1) is 11.8 Å². The van der Waals surface area contributed by atoms with Crippen molar-refractivity contribution in [2.45, 2.75) is 31.7 Å². The van der Waals surface area contributed by atoms with Gasteiger partial charge in [-0.05, 0) is 43.2 Å². The Bertz CT molecular complexity index is 831. The maximum atomic E-state index is 12.3. The summed E-state index contributed by atoms with van der Waals surface area (Å²) in [6, 6.07) is 8.20. The molecule has 28 heavy (non-hydrogen) atoms. The van der Waals surface area contributed by atoms with Gasteiger partial charge < -0.3 is 20.3 Å². The summed E-state index contributed by atoms with van der Waals surface area (Å²) in [7, 11) is 0. The number of rotatable bonds is 4. The Hall–Kier alpha value is -2.12. The number of aromatic nitrogens is 1. The number of hydrogen-bond donors (Lipinski definition) is 2. The lowest BCUT2D eigenvalue weighted by atomic mass is 9.95. The van der Waals surface area contributed by atoms with Crippen LogP contribution < -0.4 is 15.5 Å². The number of nitrogens with one attached hydrogen (secondary N) is 2. The van der Waals surface area contributed by atoms with Crippen molar-refractivity contribution in [3.63, 3.8) is 0 Å². The van der Waals surface area contributed by atoms with Crippen molar-refractivity contribution in [2.24, 2.45) is 11.8 Å². The first-order valence-corrected chi connectivity index (χ1v) is 11.1. The molecule has 1 aromatic heterocycles. The number of morpholine rings is 1. The average Bonchev–Trinajstić information content (AvgIpc) is 3.46. The van der Waals surface area contributed by atoms with E-state index in [9.17, 15) is 4.79 Å². The molecule has 3 aliphatic rings. The van der Waals surface area contributed by atoms with Crippen LogP contribution in [0.2, 0.25) is 0 Å². The van der Waals surface area contributed by atoms with Gasteiger partial charge in [0.05, 0.1) is 18.9 Å². The Morgan fingerprint density at radius 3 is 2.68 bits per heavy atom. The molecule has 6 nitrogen and oxygen atoms in total. The van der Waals surface area contributed by atoms with Crippen LogP contribution in [0.5, 0.6) is 0 Å². The van der Waals surface area contributed by atoms with E-state index < -0.39 is 0 Å². The molecule has 3 fully saturated rings. The van der Waals surface area contributed by atoms with Crippen molar-refractivity contribution in [3.8, 4) is 11.3 Å². The molecule has 2 amide bonds. The van der Waals surface area contributed by atoms with Crippen molar-refractivity contribution in [3.05, 3.63) is 29.6 Å². The van der Waals surface area contributed by atoms with E-state index in [0.29, 0.717) is 12.0 Å². The first kappa shape index (κ1) is 17.9. The number of nitrogens with zero attached hydrogens (tertiary/aromatic N) is 2. The molecule has 5 rings (SSSR count). The van der Waals surface area contributed by atoms with Gasteiger partial charge >= 0.3 is 6.03 Å². The van der Waals surface area contributed by atoms with Crippen molar-refractivity contribution < 1.29 is 9.53 Å². The zero-order valence-corrected chi connectivity index (χ0v) is 16.7. The molecular weight excluding hydrogens is 372 g/mol. The van der Waals surface area contributed by atoms with E-state index in [0.717, 1.165) is 60.7 Å². The number of hydrogen-bond acceptors (Lipinski definition) is 5. The highest BCUT2D eigenvalue weighted by Gasteiger charge is 2.40. The molecule has 0 spiro atoms. The molecular formula is C21H26N4O2S. The molecule has 3 unspecified atom stereocenters. The van der Waals surface area contributed by atoms with Gasteiger partial charge in [-0.15, -0.1) is 11.3 Å². The van der Waals surface area contributed by atoms with Crippen LogP contribution >= 0.6 is 11.3 Å². The molecule has 0 radical (unpaired) electrons. The van der Waals surface area contributed by atoms with Gasteiger partial charge in [0, 0.05) is 35.8 Å². The molecule has 1 aromatic carbocycles. The minimum atomic E-state index is -0.0893. The Balaban J connectivity index is 1.19. The molecule has 2 aromatic rings. The highest BCUT2D eigenvalue weighted by atomic mass is 32.1. The Morgan fingerprint density at radius 2 is 1.96 bits per heavy atom. The summed E-state index contributed by atoms with van der Waals surface area (Å²) in [6.07, 6.45) is 5.05. The maximum absolute atomic E-state index is 12.3. The smallest absolute Gasteiger partial charge is 0.319 e. The number of carbonyl (C=O) groups excluding carboxylic acids is 1. The van der Waals surface area contributed by atoms with Crippen LogP contribution in [0.3, 0.4) is 0 Å². The van der Waals surface area contributed by atoms with Gasteiger partial charge in [0.25, 0.3) is 0 Å². The Morgan fingerprint density at radius 1 is 1.14 bits per heavy atom. The minimum absolute atomic E-state index is 0.0893. The van der Waals surface area contributed by atoms with Crippen molar-refractivity contribution in [1.82, 2.24) is 10.3 Å². The fourth-order valence-electron chi connectivity index (χ4n) is 4.78. The lowest BCUT2D eigenvalue weighted by Crippen LogP contribution is -2.40. The summed E-state index contributed by atoms with van der Waals surface area (Å²) in [5, 5.41) is 9.28. The van der Waals surface area contributed by atoms with E-state index in [4.69, 9.17) is 9.72 Å². The zero-order valence-electron chi connectivity index (χ0n) is 15.9. The first-order valence-electron chi connectivity index (χ1n) is 10.2. The number of anilines is 2. The van der Waals surface area contributed by atoms with Gasteiger partial charge in [-0.2, -0.15) is 0 Å². The van der Waals surface area contributed by atoms with E-state index in [-0.39, 0.29) is 6.03 Å².